The van der Waals surface area contributed by atoms with Crippen molar-refractivity contribution >= 4 is 17.5 Å². The maximum atomic E-state index is 15.4. The van der Waals surface area contributed by atoms with Gasteiger partial charge < -0.3 is 21.1 Å². The molecular formula is C22H28F3N7O2. The quantitative estimate of drug-likeness (QED) is 0.471. The van der Waals surface area contributed by atoms with Gasteiger partial charge in [-0.05, 0) is 37.4 Å². The van der Waals surface area contributed by atoms with Gasteiger partial charge >= 0.3 is 0 Å². The van der Waals surface area contributed by atoms with Crippen LogP contribution in [0.3, 0.4) is 0 Å². The number of carbonyl (C=O) groups is 1. The maximum absolute atomic E-state index is 15.4. The first-order valence-electron chi connectivity index (χ1n) is 11.2. The van der Waals surface area contributed by atoms with Crippen LogP contribution in [0.4, 0.5) is 24.8 Å². The van der Waals surface area contributed by atoms with Crippen LogP contribution in [-0.2, 0) is 11.3 Å². The molecular weight excluding hydrogens is 451 g/mol. The number of primary amides is 1. The topological polar surface area (TPSA) is 120 Å². The number of anilines is 2. The van der Waals surface area contributed by atoms with Crippen molar-refractivity contribution in [2.75, 3.05) is 36.4 Å². The Hall–Kier alpha value is -2.99. The van der Waals surface area contributed by atoms with Crippen molar-refractivity contribution in [3.8, 4) is 0 Å². The number of carbonyl (C=O) groups excluding carboxylic acids is 1. The number of piperidine rings is 1. The second-order valence-corrected chi connectivity index (χ2v) is 8.81. The molecule has 4 N–H and O–H groups in total. The molecule has 0 aromatic carbocycles. The van der Waals surface area contributed by atoms with Crippen molar-refractivity contribution in [2.45, 2.75) is 44.4 Å². The van der Waals surface area contributed by atoms with Crippen LogP contribution in [0.15, 0.2) is 24.7 Å². The van der Waals surface area contributed by atoms with E-state index >= 15 is 4.39 Å². The smallest absolute Gasteiger partial charge is 0.280 e. The zero-order valence-corrected chi connectivity index (χ0v) is 18.6. The molecule has 3 heterocycles. The van der Waals surface area contributed by atoms with Crippen molar-refractivity contribution < 1.29 is 23.1 Å². The molecule has 9 nitrogen and oxygen atoms in total. The van der Waals surface area contributed by atoms with Crippen LogP contribution in [0.25, 0.3) is 0 Å². The zero-order valence-electron chi connectivity index (χ0n) is 18.6. The van der Waals surface area contributed by atoms with E-state index in [-0.39, 0.29) is 42.4 Å². The van der Waals surface area contributed by atoms with Gasteiger partial charge in [0.1, 0.15) is 12.0 Å². The van der Waals surface area contributed by atoms with Crippen LogP contribution in [0.1, 0.15) is 36.9 Å². The van der Waals surface area contributed by atoms with E-state index in [0.717, 1.165) is 12.8 Å². The minimum Gasteiger partial charge on any atom is -0.391 e. The highest BCUT2D eigenvalue weighted by Gasteiger charge is 2.33. The highest BCUT2D eigenvalue weighted by Crippen LogP contribution is 2.34. The first-order valence-corrected chi connectivity index (χ1v) is 11.2. The molecule has 1 amide bonds. The number of aromatic nitrogens is 3. The number of amides is 1. The molecule has 2 atom stereocenters. The van der Waals surface area contributed by atoms with Crippen molar-refractivity contribution in [3.63, 3.8) is 0 Å². The molecule has 1 aliphatic heterocycles. The molecule has 2 fully saturated rings. The molecule has 184 valence electrons. The lowest BCUT2D eigenvalue weighted by molar-refractivity contribution is -0.120. The van der Waals surface area contributed by atoms with Gasteiger partial charge in [0.2, 0.25) is 11.7 Å². The fourth-order valence-corrected chi connectivity index (χ4v) is 4.18. The number of hydrogen-bond acceptors (Lipinski definition) is 8. The molecule has 1 saturated heterocycles. The van der Waals surface area contributed by atoms with Gasteiger partial charge in [0.15, 0.2) is 11.6 Å². The molecule has 34 heavy (non-hydrogen) atoms. The lowest BCUT2D eigenvalue weighted by atomic mass is 9.93. The van der Waals surface area contributed by atoms with Crippen LogP contribution in [0.5, 0.6) is 0 Å². The average molecular weight is 480 g/mol. The Morgan fingerprint density at radius 2 is 2.06 bits per heavy atom. The van der Waals surface area contributed by atoms with E-state index in [1.807, 2.05) is 0 Å². The number of nitrogens with two attached hydrogens (primary N) is 1. The van der Waals surface area contributed by atoms with Gasteiger partial charge in [0.25, 0.3) is 6.43 Å². The summed E-state index contributed by atoms with van der Waals surface area (Å²) in [6.07, 6.45) is 1.71. The van der Waals surface area contributed by atoms with E-state index in [0.29, 0.717) is 31.6 Å². The number of rotatable bonds is 10. The Morgan fingerprint density at radius 1 is 1.26 bits per heavy atom. The predicted molar refractivity (Wildman–Crippen MR) is 119 cm³/mol. The van der Waals surface area contributed by atoms with Crippen molar-refractivity contribution in [1.82, 2.24) is 19.9 Å². The number of aliphatic hydroxyl groups is 1. The Labute approximate surface area is 195 Å². The van der Waals surface area contributed by atoms with Crippen LogP contribution in [-0.4, -0.2) is 69.2 Å². The van der Waals surface area contributed by atoms with Crippen LogP contribution in [0.2, 0.25) is 0 Å². The van der Waals surface area contributed by atoms with E-state index in [9.17, 15) is 18.7 Å². The molecule has 2 aromatic heterocycles. The first-order chi connectivity index (χ1) is 16.3. The van der Waals surface area contributed by atoms with Gasteiger partial charge in [-0.1, -0.05) is 6.07 Å². The van der Waals surface area contributed by atoms with E-state index in [2.05, 4.69) is 20.3 Å². The largest absolute Gasteiger partial charge is 0.391 e. The normalized spacial score (nSPS) is 21.0. The number of alkyl halides is 2. The number of nitrogens with one attached hydrogen (secondary N) is 1. The second kappa shape index (κ2) is 10.5. The molecule has 1 saturated carbocycles. The third-order valence-corrected chi connectivity index (χ3v) is 6.17. The van der Waals surface area contributed by atoms with Gasteiger partial charge in [-0.25, -0.2) is 18.7 Å². The van der Waals surface area contributed by atoms with Gasteiger partial charge in [-0.3, -0.25) is 14.7 Å². The number of pyridine rings is 1. The minimum absolute atomic E-state index is 0.0357. The number of hydrogen-bond donors (Lipinski definition) is 3. The SMILES string of the molecule is NC(=O)CN1CCC(CNc2ncnc(N(Cc3ccc(C(F)F)nc3)C3CC3)c2F)C(O)C1. The third-order valence-electron chi connectivity index (χ3n) is 6.17. The monoisotopic (exact) mass is 479 g/mol. The van der Waals surface area contributed by atoms with E-state index in [1.54, 1.807) is 15.9 Å². The van der Waals surface area contributed by atoms with Crippen molar-refractivity contribution in [3.05, 3.63) is 41.7 Å². The summed E-state index contributed by atoms with van der Waals surface area (Å²) in [6, 6.07) is 2.94. The highest BCUT2D eigenvalue weighted by molar-refractivity contribution is 5.75. The summed E-state index contributed by atoms with van der Waals surface area (Å²) in [5.74, 6) is -1.02. The molecule has 0 bridgehead atoms. The summed E-state index contributed by atoms with van der Waals surface area (Å²) in [7, 11) is 0. The molecule has 0 radical (unpaired) electrons. The summed E-state index contributed by atoms with van der Waals surface area (Å²) in [6.45, 7) is 1.61. The Kier molecular flexibility index (Phi) is 7.47. The van der Waals surface area contributed by atoms with Gasteiger partial charge in [0.05, 0.1) is 12.6 Å². The fraction of sp³-hybridized carbons (Fsp3) is 0.545. The Balaban J connectivity index is 1.41. The summed E-state index contributed by atoms with van der Waals surface area (Å²) in [4.78, 5) is 26.7. The van der Waals surface area contributed by atoms with Crippen LogP contribution in [0, 0.1) is 11.7 Å². The predicted octanol–water partition coefficient (Wildman–Crippen LogP) is 1.70. The summed E-state index contributed by atoms with van der Waals surface area (Å²) >= 11 is 0. The minimum atomic E-state index is -2.64. The first kappa shape index (κ1) is 24.1. The van der Waals surface area contributed by atoms with Crippen molar-refractivity contribution in [2.24, 2.45) is 11.7 Å². The lowest BCUT2D eigenvalue weighted by Crippen LogP contribution is -2.48. The maximum Gasteiger partial charge on any atom is 0.280 e. The molecule has 1 aliphatic carbocycles. The summed E-state index contributed by atoms with van der Waals surface area (Å²) < 4.78 is 40.9. The van der Waals surface area contributed by atoms with E-state index in [1.165, 1.54) is 18.6 Å². The lowest BCUT2D eigenvalue weighted by Gasteiger charge is -2.35. The van der Waals surface area contributed by atoms with Gasteiger partial charge in [-0.15, -0.1) is 0 Å². The number of nitrogens with zero attached hydrogens (tertiary/aromatic N) is 5. The molecule has 0 spiro atoms. The summed E-state index contributed by atoms with van der Waals surface area (Å²) in [5, 5.41) is 13.4. The standard InChI is InChI=1S/C22H28F3N7O2/c23-19-21(28-8-14-5-6-31(10-17(14)33)11-18(26)34)29-12-30-22(19)32(15-2-3-15)9-13-1-4-16(20(24)25)27-7-13/h1,4,7,12,14-15,17,20,33H,2-3,5-6,8-11H2,(H2,26,34)(H,28,29,30). The Bertz CT molecular complexity index is 991. The molecule has 2 aromatic rings. The molecule has 4 rings (SSSR count). The molecule has 2 aliphatic rings. The van der Waals surface area contributed by atoms with Crippen LogP contribution < -0.4 is 16.0 Å². The van der Waals surface area contributed by atoms with Gasteiger partial charge in [0, 0.05) is 37.8 Å². The summed E-state index contributed by atoms with van der Waals surface area (Å²) in [5.41, 5.74) is 5.59. The number of aliphatic hydroxyl groups excluding tert-OH is 1. The fourth-order valence-electron chi connectivity index (χ4n) is 4.18. The molecule has 2 unspecified atom stereocenters. The van der Waals surface area contributed by atoms with Gasteiger partial charge in [-0.2, -0.15) is 4.39 Å². The second-order valence-electron chi connectivity index (χ2n) is 8.81. The Morgan fingerprint density at radius 3 is 2.68 bits per heavy atom. The van der Waals surface area contributed by atoms with E-state index < -0.39 is 24.3 Å². The number of β-amino-alcohol motifs (C(OH)–C–C–N with tert-alkyl or cyclic N) is 1. The third kappa shape index (κ3) is 5.92. The number of halogens is 3. The number of likely N-dealkylation sites (tertiary alicyclic amines) is 1. The average Bonchev–Trinajstić information content (AvgIpc) is 3.63. The van der Waals surface area contributed by atoms with E-state index in [4.69, 9.17) is 5.73 Å². The molecule has 12 heteroatoms. The van der Waals surface area contributed by atoms with Crippen molar-refractivity contribution in [1.29, 1.82) is 0 Å². The van der Waals surface area contributed by atoms with Crippen LogP contribution >= 0.6 is 0 Å². The zero-order chi connectivity index (χ0) is 24.2. The highest BCUT2D eigenvalue weighted by atomic mass is 19.3.